The Bertz CT molecular complexity index is 3150. The molecule has 9 aromatic rings. The van der Waals surface area contributed by atoms with Gasteiger partial charge in [-0.1, -0.05) is 166 Å². The van der Waals surface area contributed by atoms with E-state index >= 15 is 0 Å². The highest BCUT2D eigenvalue weighted by atomic mass is 15.1. The van der Waals surface area contributed by atoms with E-state index in [-0.39, 0.29) is 5.41 Å². The Labute approximate surface area is 346 Å². The fourth-order valence-corrected chi connectivity index (χ4v) is 9.63. The largest absolute Gasteiger partial charge is 0.398 e. The molecule has 0 aromatic heterocycles. The van der Waals surface area contributed by atoms with Gasteiger partial charge in [-0.05, 0) is 132 Å². The van der Waals surface area contributed by atoms with Crippen molar-refractivity contribution in [3.05, 3.63) is 228 Å². The number of benzene rings is 9. The molecule has 2 aliphatic carbocycles. The molecule has 0 saturated heterocycles. The number of nitrogen functional groups attached to an aromatic ring is 1. The van der Waals surface area contributed by atoms with Crippen molar-refractivity contribution >= 4 is 45.2 Å². The van der Waals surface area contributed by atoms with Gasteiger partial charge in [-0.25, -0.2) is 0 Å². The molecule has 11 rings (SSSR count). The zero-order valence-electron chi connectivity index (χ0n) is 33.2. The van der Waals surface area contributed by atoms with Gasteiger partial charge in [-0.15, -0.1) is 0 Å². The second kappa shape index (κ2) is 13.6. The molecule has 0 bridgehead atoms. The summed E-state index contributed by atoms with van der Waals surface area (Å²) in [4.78, 5) is 2.44. The van der Waals surface area contributed by atoms with Crippen molar-refractivity contribution < 1.29 is 0 Å². The van der Waals surface area contributed by atoms with Gasteiger partial charge in [-0.2, -0.15) is 0 Å². The molecular weight excluding hydrogens is 713 g/mol. The Kier molecular flexibility index (Phi) is 8.03. The third kappa shape index (κ3) is 5.71. The van der Waals surface area contributed by atoms with Crippen LogP contribution in [0.1, 0.15) is 41.7 Å². The predicted octanol–water partition coefficient (Wildman–Crippen LogP) is 15.1. The number of rotatable bonds is 7. The molecule has 0 radical (unpaired) electrons. The molecule has 0 saturated carbocycles. The van der Waals surface area contributed by atoms with Crippen molar-refractivity contribution in [1.29, 1.82) is 0 Å². The quantitative estimate of drug-likeness (QED) is 0.164. The van der Waals surface area contributed by atoms with Crippen molar-refractivity contribution in [2.75, 3.05) is 10.6 Å². The van der Waals surface area contributed by atoms with Crippen molar-refractivity contribution in [2.45, 2.75) is 19.3 Å². The molecule has 2 heteroatoms. The monoisotopic (exact) mass is 754 g/mol. The van der Waals surface area contributed by atoms with Crippen LogP contribution in [0.3, 0.4) is 0 Å². The summed E-state index contributed by atoms with van der Waals surface area (Å²) < 4.78 is 0. The number of hydrogen-bond donors (Lipinski definition) is 1. The van der Waals surface area contributed by atoms with Crippen LogP contribution in [-0.2, 0) is 5.41 Å². The van der Waals surface area contributed by atoms with Crippen LogP contribution in [0.25, 0.3) is 66.9 Å². The average molecular weight is 755 g/mol. The first-order valence-corrected chi connectivity index (χ1v) is 20.5. The summed E-state index contributed by atoms with van der Waals surface area (Å²) >= 11 is 0. The lowest BCUT2D eigenvalue weighted by molar-refractivity contribution is 0.660. The van der Waals surface area contributed by atoms with E-state index in [1.807, 2.05) is 0 Å². The normalized spacial score (nSPS) is 13.2. The van der Waals surface area contributed by atoms with E-state index in [4.69, 9.17) is 5.73 Å². The molecule has 0 heterocycles. The van der Waals surface area contributed by atoms with Gasteiger partial charge in [0.1, 0.15) is 0 Å². The van der Waals surface area contributed by atoms with Crippen molar-refractivity contribution in [2.24, 2.45) is 0 Å². The maximum atomic E-state index is 6.74. The smallest absolute Gasteiger partial charge is 0.0540 e. The minimum Gasteiger partial charge on any atom is -0.398 e. The highest BCUT2D eigenvalue weighted by Gasteiger charge is 2.36. The SMILES string of the molecule is CC1(C)c2ccccc2-c2ccc(N(c3cccc(-c4cccc(-c5ccc(N)c(C6=Cc7cccc8cccc6c78)c5)c4)c3)c3ccccc3-c3ccccc3)cc21. The van der Waals surface area contributed by atoms with Gasteiger partial charge < -0.3 is 10.6 Å². The molecule has 0 fully saturated rings. The second-order valence-electron chi connectivity index (χ2n) is 16.4. The van der Waals surface area contributed by atoms with Gasteiger partial charge in [0.25, 0.3) is 0 Å². The molecule has 280 valence electrons. The fraction of sp³-hybridized carbons (Fsp3) is 0.0526. The number of hydrogen-bond acceptors (Lipinski definition) is 2. The van der Waals surface area contributed by atoms with E-state index in [2.05, 4.69) is 225 Å². The van der Waals surface area contributed by atoms with Crippen LogP contribution in [-0.4, -0.2) is 0 Å². The maximum absolute atomic E-state index is 6.74. The number of para-hydroxylation sites is 1. The van der Waals surface area contributed by atoms with Crippen molar-refractivity contribution in [3.63, 3.8) is 0 Å². The van der Waals surface area contributed by atoms with E-state index < -0.39 is 0 Å². The van der Waals surface area contributed by atoms with Gasteiger partial charge in [0.2, 0.25) is 0 Å². The summed E-state index contributed by atoms with van der Waals surface area (Å²) in [5.74, 6) is 0. The standard InChI is InChI=1S/C57H42N2/c1-57(2)52-26-8-6-24-47(52)48-30-29-45(36-53(48)57)59(55-27-9-7-23-46(55)37-14-4-3-5-15-37)44-22-12-20-41(33-44)39-18-11-19-40(32-39)42-28-31-54(58)51(34-42)50-35-43-21-10-16-38-17-13-25-49(50)56(38)43/h3-36H,58H2,1-2H3. The zero-order chi connectivity index (χ0) is 39.7. The lowest BCUT2D eigenvalue weighted by atomic mass is 9.82. The Hall–Kier alpha value is -7.42. The van der Waals surface area contributed by atoms with Crippen LogP contribution in [0.2, 0.25) is 0 Å². The summed E-state index contributed by atoms with van der Waals surface area (Å²) in [6.07, 6.45) is 2.29. The maximum Gasteiger partial charge on any atom is 0.0540 e. The zero-order valence-corrected chi connectivity index (χ0v) is 33.2. The summed E-state index contributed by atoms with van der Waals surface area (Å²) in [5.41, 5.74) is 27.8. The number of nitrogens with zero attached hydrogens (tertiary/aromatic N) is 1. The topological polar surface area (TPSA) is 29.3 Å². The average Bonchev–Trinajstić information content (AvgIpc) is 3.77. The van der Waals surface area contributed by atoms with Crippen LogP contribution in [0.5, 0.6) is 0 Å². The van der Waals surface area contributed by atoms with Crippen LogP contribution >= 0.6 is 0 Å². The van der Waals surface area contributed by atoms with E-state index in [1.165, 1.54) is 60.9 Å². The third-order valence-electron chi connectivity index (χ3n) is 12.6. The molecule has 9 aromatic carbocycles. The van der Waals surface area contributed by atoms with Crippen LogP contribution < -0.4 is 10.6 Å². The lowest BCUT2D eigenvalue weighted by Crippen LogP contribution is -2.17. The van der Waals surface area contributed by atoms with Crippen LogP contribution in [0.4, 0.5) is 22.7 Å². The van der Waals surface area contributed by atoms with Crippen LogP contribution in [0, 0.1) is 0 Å². The Morgan fingerprint density at radius 3 is 1.85 bits per heavy atom. The molecule has 59 heavy (non-hydrogen) atoms. The molecule has 2 nitrogen and oxygen atoms in total. The van der Waals surface area contributed by atoms with E-state index in [9.17, 15) is 0 Å². The van der Waals surface area contributed by atoms with Gasteiger partial charge in [0.05, 0.1) is 5.69 Å². The molecular formula is C57H42N2. The van der Waals surface area contributed by atoms with Crippen molar-refractivity contribution in [3.8, 4) is 44.5 Å². The molecule has 2 aliphatic rings. The minimum atomic E-state index is -0.123. The van der Waals surface area contributed by atoms with E-state index in [0.717, 1.165) is 50.6 Å². The van der Waals surface area contributed by atoms with Gasteiger partial charge in [0.15, 0.2) is 0 Å². The fourth-order valence-electron chi connectivity index (χ4n) is 9.63. The first-order valence-electron chi connectivity index (χ1n) is 20.5. The highest BCUT2D eigenvalue weighted by molar-refractivity contribution is 6.14. The molecule has 0 spiro atoms. The lowest BCUT2D eigenvalue weighted by Gasteiger charge is -2.30. The van der Waals surface area contributed by atoms with E-state index in [0.29, 0.717) is 0 Å². The molecule has 0 amide bonds. The minimum absolute atomic E-state index is 0.123. The summed E-state index contributed by atoms with van der Waals surface area (Å²) in [7, 11) is 0. The number of fused-ring (bicyclic) bond motifs is 3. The van der Waals surface area contributed by atoms with E-state index in [1.54, 1.807) is 0 Å². The van der Waals surface area contributed by atoms with Crippen LogP contribution in [0.15, 0.2) is 200 Å². The first kappa shape index (κ1) is 34.8. The second-order valence-corrected chi connectivity index (χ2v) is 16.4. The Morgan fingerprint density at radius 2 is 1.02 bits per heavy atom. The number of anilines is 4. The summed E-state index contributed by atoms with van der Waals surface area (Å²) in [6, 6.07) is 72.8. The highest BCUT2D eigenvalue weighted by Crippen LogP contribution is 2.51. The first-order chi connectivity index (χ1) is 28.9. The predicted molar refractivity (Wildman–Crippen MR) is 250 cm³/mol. The summed E-state index contributed by atoms with van der Waals surface area (Å²) in [5, 5.41) is 2.55. The number of nitrogens with two attached hydrogens (primary N) is 1. The third-order valence-corrected chi connectivity index (χ3v) is 12.6. The van der Waals surface area contributed by atoms with Gasteiger partial charge >= 0.3 is 0 Å². The Morgan fingerprint density at radius 1 is 0.407 bits per heavy atom. The molecule has 0 aliphatic heterocycles. The molecule has 0 atom stereocenters. The van der Waals surface area contributed by atoms with Gasteiger partial charge in [0, 0.05) is 33.6 Å². The Balaban J connectivity index is 1.01. The molecule has 0 unspecified atom stereocenters. The summed E-state index contributed by atoms with van der Waals surface area (Å²) in [6.45, 7) is 4.71. The van der Waals surface area contributed by atoms with Crippen molar-refractivity contribution in [1.82, 2.24) is 0 Å². The molecule has 2 N–H and O–H groups in total. The van der Waals surface area contributed by atoms with Gasteiger partial charge in [-0.3, -0.25) is 0 Å².